The van der Waals surface area contributed by atoms with Gasteiger partial charge < -0.3 is 9.47 Å². The number of carbonyl (C=O) groups excluding carboxylic acids is 2. The van der Waals surface area contributed by atoms with Crippen LogP contribution in [0.3, 0.4) is 0 Å². The number of esters is 2. The van der Waals surface area contributed by atoms with Crippen LogP contribution in [0.15, 0.2) is 18.5 Å². The minimum absolute atomic E-state index is 0.0874. The van der Waals surface area contributed by atoms with Crippen LogP contribution in [0.2, 0.25) is 0 Å². The van der Waals surface area contributed by atoms with E-state index in [1.807, 2.05) is 13.8 Å². The van der Waals surface area contributed by atoms with Crippen LogP contribution in [0.5, 0.6) is 0 Å². The molecule has 0 N–H and O–H groups in total. The first-order valence-electron chi connectivity index (χ1n) is 6.30. The maximum absolute atomic E-state index is 11.7. The summed E-state index contributed by atoms with van der Waals surface area (Å²) in [5, 5.41) is 0. The first-order valence-corrected chi connectivity index (χ1v) is 6.30. The third-order valence-corrected chi connectivity index (χ3v) is 1.89. The lowest BCUT2D eigenvalue weighted by Gasteiger charge is -2.12. The normalized spacial score (nSPS) is 9.32. The average molecular weight is 268 g/mol. The largest absolute Gasteiger partial charge is 0.465 e. The molecular formula is C13H20N2O4. The van der Waals surface area contributed by atoms with Crippen molar-refractivity contribution < 1.29 is 19.1 Å². The number of rotatable bonds is 5. The molecule has 0 atom stereocenters. The molecule has 106 valence electrons. The molecule has 0 saturated heterocycles. The molecule has 0 unspecified atom stereocenters. The van der Waals surface area contributed by atoms with E-state index < -0.39 is 17.9 Å². The second kappa shape index (κ2) is 9.99. The standard InChI is InChI=1S/C11H14N2O4.C2H6/c1-3-16-10(14)8(11(15)17-4-2)9-12-6-5-7-13-9;1-2/h5-8H,3-4H2,1-2H3;1-2H3. The topological polar surface area (TPSA) is 78.4 Å². The Morgan fingerprint density at radius 3 is 1.84 bits per heavy atom. The van der Waals surface area contributed by atoms with Gasteiger partial charge in [0.05, 0.1) is 13.2 Å². The highest BCUT2D eigenvalue weighted by atomic mass is 16.6. The lowest BCUT2D eigenvalue weighted by molar-refractivity contribution is -0.157. The van der Waals surface area contributed by atoms with Crippen molar-refractivity contribution in [2.24, 2.45) is 0 Å². The minimum Gasteiger partial charge on any atom is -0.465 e. The van der Waals surface area contributed by atoms with Crippen molar-refractivity contribution >= 4 is 11.9 Å². The van der Waals surface area contributed by atoms with Gasteiger partial charge >= 0.3 is 11.9 Å². The molecule has 0 aliphatic rings. The van der Waals surface area contributed by atoms with E-state index in [0.717, 1.165) is 0 Å². The van der Waals surface area contributed by atoms with Crippen molar-refractivity contribution in [3.63, 3.8) is 0 Å². The van der Waals surface area contributed by atoms with Crippen LogP contribution in [0.25, 0.3) is 0 Å². The Labute approximate surface area is 113 Å². The molecule has 0 bridgehead atoms. The molecule has 0 fully saturated rings. The third-order valence-electron chi connectivity index (χ3n) is 1.89. The summed E-state index contributed by atoms with van der Waals surface area (Å²) in [5.74, 6) is -2.52. The molecule has 6 nitrogen and oxygen atoms in total. The lowest BCUT2D eigenvalue weighted by atomic mass is 10.1. The van der Waals surface area contributed by atoms with Crippen molar-refractivity contribution in [1.29, 1.82) is 0 Å². The highest BCUT2D eigenvalue weighted by Crippen LogP contribution is 2.14. The van der Waals surface area contributed by atoms with Gasteiger partial charge in [-0.05, 0) is 19.9 Å². The highest BCUT2D eigenvalue weighted by molar-refractivity contribution is 5.99. The van der Waals surface area contributed by atoms with Gasteiger partial charge in [-0.1, -0.05) is 13.8 Å². The Morgan fingerprint density at radius 2 is 1.47 bits per heavy atom. The molecule has 0 radical (unpaired) electrons. The van der Waals surface area contributed by atoms with Gasteiger partial charge in [-0.2, -0.15) is 0 Å². The smallest absolute Gasteiger partial charge is 0.328 e. The van der Waals surface area contributed by atoms with Crippen molar-refractivity contribution in [1.82, 2.24) is 9.97 Å². The summed E-state index contributed by atoms with van der Waals surface area (Å²) >= 11 is 0. The number of carbonyl (C=O) groups is 2. The fourth-order valence-corrected chi connectivity index (χ4v) is 1.22. The highest BCUT2D eigenvalue weighted by Gasteiger charge is 2.33. The Balaban J connectivity index is 0.00000154. The number of nitrogens with zero attached hydrogens (tertiary/aromatic N) is 2. The monoisotopic (exact) mass is 268 g/mol. The molecule has 0 aliphatic carbocycles. The summed E-state index contributed by atoms with van der Waals surface area (Å²) in [6, 6.07) is 1.59. The van der Waals surface area contributed by atoms with Crippen molar-refractivity contribution in [2.75, 3.05) is 13.2 Å². The van der Waals surface area contributed by atoms with Crippen LogP contribution in [-0.4, -0.2) is 35.1 Å². The Kier molecular flexibility index (Phi) is 8.95. The molecule has 0 saturated carbocycles. The molecule has 0 aliphatic heterocycles. The fraction of sp³-hybridized carbons (Fsp3) is 0.538. The third kappa shape index (κ3) is 5.46. The second-order valence-electron chi connectivity index (χ2n) is 3.04. The van der Waals surface area contributed by atoms with Gasteiger partial charge in [0.2, 0.25) is 5.92 Å². The van der Waals surface area contributed by atoms with Crippen molar-refractivity contribution in [3.05, 3.63) is 24.3 Å². The van der Waals surface area contributed by atoms with Crippen LogP contribution < -0.4 is 0 Å². The van der Waals surface area contributed by atoms with Gasteiger partial charge in [0.1, 0.15) is 0 Å². The zero-order valence-electron chi connectivity index (χ0n) is 11.8. The van der Waals surface area contributed by atoms with E-state index in [-0.39, 0.29) is 19.0 Å². The van der Waals surface area contributed by atoms with Gasteiger partial charge in [-0.25, -0.2) is 9.97 Å². The minimum atomic E-state index is -1.21. The molecule has 0 amide bonds. The van der Waals surface area contributed by atoms with E-state index in [9.17, 15) is 9.59 Å². The van der Waals surface area contributed by atoms with Crippen molar-refractivity contribution in [3.8, 4) is 0 Å². The number of ether oxygens (including phenoxy) is 2. The quantitative estimate of drug-likeness (QED) is 0.597. The van der Waals surface area contributed by atoms with Gasteiger partial charge in [0, 0.05) is 12.4 Å². The molecule has 1 rings (SSSR count). The Hall–Kier alpha value is -1.98. The summed E-state index contributed by atoms with van der Waals surface area (Å²) in [6.07, 6.45) is 2.90. The summed E-state index contributed by atoms with van der Waals surface area (Å²) in [5.41, 5.74) is 0. The molecule has 1 aromatic rings. The SMILES string of the molecule is CC.CCOC(=O)C(C(=O)OCC)c1ncccn1. The summed E-state index contributed by atoms with van der Waals surface area (Å²) in [6.45, 7) is 7.68. The van der Waals surface area contributed by atoms with E-state index in [4.69, 9.17) is 9.47 Å². The summed E-state index contributed by atoms with van der Waals surface area (Å²) < 4.78 is 9.61. The maximum atomic E-state index is 11.7. The van der Waals surface area contributed by atoms with E-state index in [0.29, 0.717) is 0 Å². The molecule has 1 heterocycles. The van der Waals surface area contributed by atoms with Crippen LogP contribution in [0.4, 0.5) is 0 Å². The van der Waals surface area contributed by atoms with Crippen LogP contribution >= 0.6 is 0 Å². The molecule has 1 aromatic heterocycles. The Bertz CT molecular complexity index is 363. The second-order valence-corrected chi connectivity index (χ2v) is 3.04. The Morgan fingerprint density at radius 1 is 1.05 bits per heavy atom. The van der Waals surface area contributed by atoms with Crippen LogP contribution in [0.1, 0.15) is 39.4 Å². The number of aromatic nitrogens is 2. The van der Waals surface area contributed by atoms with E-state index >= 15 is 0 Å². The predicted octanol–water partition coefficient (Wildman–Crippen LogP) is 1.71. The molecule has 0 spiro atoms. The fourth-order valence-electron chi connectivity index (χ4n) is 1.22. The van der Waals surface area contributed by atoms with Gasteiger partial charge in [-0.15, -0.1) is 0 Å². The first kappa shape index (κ1) is 17.0. The predicted molar refractivity (Wildman–Crippen MR) is 69.4 cm³/mol. The molecule has 6 heteroatoms. The first-order chi connectivity index (χ1) is 9.20. The van der Waals surface area contributed by atoms with E-state index in [1.165, 1.54) is 12.4 Å². The van der Waals surface area contributed by atoms with E-state index in [1.54, 1.807) is 19.9 Å². The zero-order valence-corrected chi connectivity index (χ0v) is 11.8. The van der Waals surface area contributed by atoms with Crippen molar-refractivity contribution in [2.45, 2.75) is 33.6 Å². The van der Waals surface area contributed by atoms with Gasteiger partial charge in [0.25, 0.3) is 0 Å². The number of hydrogen-bond acceptors (Lipinski definition) is 6. The average Bonchev–Trinajstić information content (AvgIpc) is 2.43. The summed E-state index contributed by atoms with van der Waals surface area (Å²) in [4.78, 5) is 31.1. The molecule has 0 aromatic carbocycles. The van der Waals surface area contributed by atoms with Gasteiger partial charge in [-0.3, -0.25) is 9.59 Å². The van der Waals surface area contributed by atoms with Crippen LogP contribution in [0, 0.1) is 0 Å². The number of hydrogen-bond donors (Lipinski definition) is 0. The van der Waals surface area contributed by atoms with E-state index in [2.05, 4.69) is 9.97 Å². The lowest BCUT2D eigenvalue weighted by Crippen LogP contribution is -2.27. The molecule has 19 heavy (non-hydrogen) atoms. The zero-order chi connectivity index (χ0) is 14.7. The molecular weight excluding hydrogens is 248 g/mol. The van der Waals surface area contributed by atoms with Crippen LogP contribution in [-0.2, 0) is 19.1 Å². The summed E-state index contributed by atoms with van der Waals surface area (Å²) in [7, 11) is 0. The van der Waals surface area contributed by atoms with Gasteiger partial charge in [0.15, 0.2) is 5.82 Å². The maximum Gasteiger partial charge on any atom is 0.328 e.